The zero-order chi connectivity index (χ0) is 29.5. The van der Waals surface area contributed by atoms with Crippen molar-refractivity contribution in [3.63, 3.8) is 0 Å². The second-order valence-electron chi connectivity index (χ2n) is 10.1. The molecule has 0 saturated carbocycles. The third-order valence-electron chi connectivity index (χ3n) is 7.10. The number of aromatic nitrogens is 1. The fourth-order valence-corrected chi connectivity index (χ4v) is 6.12. The molecule has 6 rings (SSSR count). The van der Waals surface area contributed by atoms with Crippen molar-refractivity contribution in [3.8, 4) is 5.75 Å². The lowest BCUT2D eigenvalue weighted by Crippen LogP contribution is -2.29. The van der Waals surface area contributed by atoms with E-state index in [2.05, 4.69) is 4.98 Å². The van der Waals surface area contributed by atoms with Crippen molar-refractivity contribution in [1.82, 2.24) is 4.98 Å². The topological polar surface area (TPSA) is 79.7 Å². The van der Waals surface area contributed by atoms with Gasteiger partial charge in [0.25, 0.3) is 5.78 Å². The standard InChI is InChI=1S/C33H24F2N2O4S/c1-18-7-6-10-21(13-18)29-27(30(38)22-11-12-25(19(2)14-22)41-17-20-8-4-3-5-9-20)31(39)32(40)37(29)33-36-28-24(35)15-23(34)16-26(28)42-33/h3-16,29,38H,17H2,1-2H3/b30-27+. The fraction of sp³-hybridized carbons (Fsp3) is 0.121. The van der Waals surface area contributed by atoms with Crippen LogP contribution in [0.15, 0.2) is 90.5 Å². The first-order valence-corrected chi connectivity index (χ1v) is 13.9. The Labute approximate surface area is 244 Å². The first-order valence-electron chi connectivity index (χ1n) is 13.1. The molecule has 2 heterocycles. The normalized spacial score (nSPS) is 16.4. The molecule has 4 aromatic carbocycles. The molecule has 0 spiro atoms. The molecule has 0 radical (unpaired) electrons. The second kappa shape index (κ2) is 10.8. The average Bonchev–Trinajstić information content (AvgIpc) is 3.51. The van der Waals surface area contributed by atoms with Gasteiger partial charge in [0.1, 0.15) is 29.4 Å². The van der Waals surface area contributed by atoms with Gasteiger partial charge >= 0.3 is 5.91 Å². The monoisotopic (exact) mass is 582 g/mol. The van der Waals surface area contributed by atoms with Crippen LogP contribution in [-0.4, -0.2) is 21.8 Å². The SMILES string of the molecule is Cc1cccc(C2/C(=C(\O)c3ccc(OCc4ccccc4)c(C)c3)C(=O)C(=O)N2c2nc3c(F)cc(F)cc3s2)c1. The number of aliphatic hydroxyl groups is 1. The number of aliphatic hydroxyl groups excluding tert-OH is 1. The zero-order valence-corrected chi connectivity index (χ0v) is 23.4. The predicted octanol–water partition coefficient (Wildman–Crippen LogP) is 7.40. The number of aryl methyl sites for hydroxylation is 2. The molecule has 1 N–H and O–H groups in total. The molecule has 1 fully saturated rings. The minimum Gasteiger partial charge on any atom is -0.507 e. The lowest BCUT2D eigenvalue weighted by Gasteiger charge is -2.23. The van der Waals surface area contributed by atoms with Gasteiger partial charge in [-0.2, -0.15) is 0 Å². The fourth-order valence-electron chi connectivity index (χ4n) is 5.08. The largest absolute Gasteiger partial charge is 0.507 e. The van der Waals surface area contributed by atoms with Gasteiger partial charge in [-0.05, 0) is 54.8 Å². The summed E-state index contributed by atoms with van der Waals surface area (Å²) in [7, 11) is 0. The summed E-state index contributed by atoms with van der Waals surface area (Å²) >= 11 is 0.890. The van der Waals surface area contributed by atoms with Crippen molar-refractivity contribution in [2.75, 3.05) is 4.90 Å². The maximum Gasteiger partial charge on any atom is 0.301 e. The first-order chi connectivity index (χ1) is 20.2. The summed E-state index contributed by atoms with van der Waals surface area (Å²) in [6, 6.07) is 22.7. The van der Waals surface area contributed by atoms with Crippen LogP contribution in [0.2, 0.25) is 0 Å². The Bertz CT molecular complexity index is 1900. The van der Waals surface area contributed by atoms with E-state index in [1.807, 2.05) is 50.2 Å². The number of thiazole rings is 1. The summed E-state index contributed by atoms with van der Waals surface area (Å²) < 4.78 is 34.6. The molecule has 9 heteroatoms. The van der Waals surface area contributed by atoms with Gasteiger partial charge in [-0.25, -0.2) is 13.8 Å². The minimum atomic E-state index is -1.05. The molecule has 6 nitrogen and oxygen atoms in total. The van der Waals surface area contributed by atoms with Gasteiger partial charge in [0.15, 0.2) is 10.9 Å². The molecule has 1 aliphatic rings. The third kappa shape index (κ3) is 4.92. The van der Waals surface area contributed by atoms with E-state index in [9.17, 15) is 23.5 Å². The molecule has 1 unspecified atom stereocenters. The van der Waals surface area contributed by atoms with E-state index in [4.69, 9.17) is 4.74 Å². The van der Waals surface area contributed by atoms with Gasteiger partial charge in [0.2, 0.25) is 0 Å². The highest BCUT2D eigenvalue weighted by molar-refractivity contribution is 7.22. The van der Waals surface area contributed by atoms with Crippen LogP contribution in [0, 0.1) is 25.5 Å². The number of halogens is 2. The van der Waals surface area contributed by atoms with Gasteiger partial charge in [0, 0.05) is 11.6 Å². The molecule has 210 valence electrons. The van der Waals surface area contributed by atoms with Crippen LogP contribution in [0.4, 0.5) is 13.9 Å². The van der Waals surface area contributed by atoms with Crippen molar-refractivity contribution in [3.05, 3.63) is 130 Å². The number of Topliss-reactive ketones (excluding diaryl/α,β-unsaturated/α-hetero) is 1. The van der Waals surface area contributed by atoms with Crippen LogP contribution in [-0.2, 0) is 16.2 Å². The third-order valence-corrected chi connectivity index (χ3v) is 8.10. The van der Waals surface area contributed by atoms with Crippen molar-refractivity contribution < 1.29 is 28.2 Å². The molecule has 1 amide bonds. The van der Waals surface area contributed by atoms with Crippen molar-refractivity contribution in [2.45, 2.75) is 26.5 Å². The van der Waals surface area contributed by atoms with E-state index in [1.54, 1.807) is 36.4 Å². The maximum absolute atomic E-state index is 14.5. The zero-order valence-electron chi connectivity index (χ0n) is 22.6. The predicted molar refractivity (Wildman–Crippen MR) is 157 cm³/mol. The maximum atomic E-state index is 14.5. The Morgan fingerprint density at radius 1 is 0.976 bits per heavy atom. The van der Waals surface area contributed by atoms with Crippen molar-refractivity contribution >= 4 is 44.1 Å². The van der Waals surface area contributed by atoms with Gasteiger partial charge in [-0.15, -0.1) is 0 Å². The van der Waals surface area contributed by atoms with Crippen molar-refractivity contribution in [2.24, 2.45) is 0 Å². The number of ketones is 1. The molecular formula is C33H24F2N2O4S. The lowest BCUT2D eigenvalue weighted by atomic mass is 9.94. The molecule has 1 saturated heterocycles. The van der Waals surface area contributed by atoms with Crippen LogP contribution in [0.5, 0.6) is 5.75 Å². The Morgan fingerprint density at radius 3 is 2.50 bits per heavy atom. The Hall–Kier alpha value is -4.89. The summed E-state index contributed by atoms with van der Waals surface area (Å²) in [5, 5.41) is 11.5. The summed E-state index contributed by atoms with van der Waals surface area (Å²) in [6.07, 6.45) is 0. The number of rotatable bonds is 6. The smallest absolute Gasteiger partial charge is 0.301 e. The molecule has 1 atom stereocenters. The van der Waals surface area contributed by atoms with Crippen LogP contribution >= 0.6 is 11.3 Å². The summed E-state index contributed by atoms with van der Waals surface area (Å²) in [6.45, 7) is 4.05. The number of carbonyl (C=O) groups excluding carboxylic acids is 2. The minimum absolute atomic E-state index is 0.0167. The summed E-state index contributed by atoms with van der Waals surface area (Å²) in [5.41, 5.74) is 3.23. The van der Waals surface area contributed by atoms with E-state index < -0.39 is 29.4 Å². The number of nitrogens with zero attached hydrogens (tertiary/aromatic N) is 2. The molecule has 42 heavy (non-hydrogen) atoms. The van der Waals surface area contributed by atoms with Crippen LogP contribution in [0.25, 0.3) is 16.0 Å². The van der Waals surface area contributed by atoms with Gasteiger partial charge < -0.3 is 9.84 Å². The number of carbonyl (C=O) groups is 2. The van der Waals surface area contributed by atoms with Crippen LogP contribution in [0.3, 0.4) is 0 Å². The van der Waals surface area contributed by atoms with E-state index in [1.165, 1.54) is 0 Å². The second-order valence-corrected chi connectivity index (χ2v) is 11.1. The molecular weight excluding hydrogens is 558 g/mol. The molecule has 1 aliphatic heterocycles. The van der Waals surface area contributed by atoms with Gasteiger partial charge in [0.05, 0.1) is 16.3 Å². The quantitative estimate of drug-likeness (QED) is 0.128. The average molecular weight is 583 g/mol. The Kier molecular flexibility index (Phi) is 7.04. The first kappa shape index (κ1) is 27.3. The van der Waals surface area contributed by atoms with Gasteiger partial charge in [-0.3, -0.25) is 14.5 Å². The lowest BCUT2D eigenvalue weighted by molar-refractivity contribution is -0.132. The molecule has 0 bridgehead atoms. The van der Waals surface area contributed by atoms with E-state index in [-0.39, 0.29) is 26.7 Å². The molecule has 1 aromatic heterocycles. The Morgan fingerprint density at radius 2 is 1.76 bits per heavy atom. The number of ether oxygens (including phenoxy) is 1. The highest BCUT2D eigenvalue weighted by atomic mass is 32.1. The number of benzene rings is 4. The molecule has 5 aromatic rings. The van der Waals surface area contributed by atoms with Crippen molar-refractivity contribution in [1.29, 1.82) is 0 Å². The highest BCUT2D eigenvalue weighted by Gasteiger charge is 2.48. The summed E-state index contributed by atoms with van der Waals surface area (Å²) in [5.74, 6) is -3.25. The number of anilines is 1. The van der Waals surface area contributed by atoms with E-state index in [0.29, 0.717) is 29.5 Å². The van der Waals surface area contributed by atoms with E-state index >= 15 is 0 Å². The number of hydrogen-bond acceptors (Lipinski definition) is 6. The number of hydrogen-bond donors (Lipinski definition) is 1. The highest BCUT2D eigenvalue weighted by Crippen LogP contribution is 2.45. The number of amides is 1. The summed E-state index contributed by atoms with van der Waals surface area (Å²) in [4.78, 5) is 32.4. The van der Waals surface area contributed by atoms with Crippen LogP contribution in [0.1, 0.15) is 33.9 Å². The van der Waals surface area contributed by atoms with Crippen LogP contribution < -0.4 is 9.64 Å². The van der Waals surface area contributed by atoms with Gasteiger partial charge in [-0.1, -0.05) is 71.5 Å². The molecule has 0 aliphatic carbocycles. The Balaban J connectivity index is 1.44. The number of fused-ring (bicyclic) bond motifs is 1. The van der Waals surface area contributed by atoms with E-state index in [0.717, 1.165) is 39.0 Å².